The van der Waals surface area contributed by atoms with Gasteiger partial charge in [0.2, 0.25) is 5.78 Å². The molecule has 0 amide bonds. The highest BCUT2D eigenvalue weighted by atomic mass is 16.7. The van der Waals surface area contributed by atoms with Crippen LogP contribution in [-0.2, 0) is 15.3 Å². The Morgan fingerprint density at radius 2 is 2.07 bits per heavy atom. The van der Waals surface area contributed by atoms with Gasteiger partial charge in [-0.3, -0.25) is 4.79 Å². The minimum Gasteiger partial charge on any atom is -0.496 e. The number of Topliss-reactive ketones (excluding diaryl/α,β-unsaturated/α-hetero) is 1. The number of benzene rings is 1. The van der Waals surface area contributed by atoms with Crippen molar-refractivity contribution in [1.29, 1.82) is 0 Å². The molecule has 0 radical (unpaired) electrons. The number of carbonyl (C=O) groups is 1. The molecular formula is C11H10O4. The minimum atomic E-state index is -1.16. The zero-order valence-electron chi connectivity index (χ0n) is 8.28. The van der Waals surface area contributed by atoms with E-state index in [9.17, 15) is 4.79 Å². The molecule has 0 aromatic heterocycles. The predicted octanol–water partition coefficient (Wildman–Crippen LogP) is 1.09. The normalized spacial score (nSPS) is 21.3. The van der Waals surface area contributed by atoms with E-state index in [1.807, 2.05) is 0 Å². The van der Waals surface area contributed by atoms with Gasteiger partial charge in [0.05, 0.1) is 25.9 Å². The fourth-order valence-corrected chi connectivity index (χ4v) is 2.15. The van der Waals surface area contributed by atoms with Crippen molar-refractivity contribution in [2.75, 3.05) is 20.3 Å². The van der Waals surface area contributed by atoms with E-state index in [1.165, 1.54) is 0 Å². The van der Waals surface area contributed by atoms with Crippen molar-refractivity contribution < 1.29 is 19.0 Å². The third-order valence-electron chi connectivity index (χ3n) is 2.81. The van der Waals surface area contributed by atoms with Gasteiger partial charge in [-0.25, -0.2) is 0 Å². The van der Waals surface area contributed by atoms with E-state index in [4.69, 9.17) is 14.2 Å². The van der Waals surface area contributed by atoms with Crippen LogP contribution in [0.1, 0.15) is 15.9 Å². The zero-order valence-corrected chi connectivity index (χ0v) is 8.28. The van der Waals surface area contributed by atoms with Crippen LogP contribution in [0.3, 0.4) is 0 Å². The molecule has 1 aromatic rings. The summed E-state index contributed by atoms with van der Waals surface area (Å²) in [5.41, 5.74) is 1.37. The molecule has 1 aliphatic carbocycles. The average Bonchev–Trinajstić information content (AvgIpc) is 2.79. The monoisotopic (exact) mass is 206 g/mol. The Hall–Kier alpha value is -1.39. The Labute approximate surface area is 86.7 Å². The number of hydrogen-bond donors (Lipinski definition) is 0. The van der Waals surface area contributed by atoms with Crippen molar-refractivity contribution in [2.24, 2.45) is 0 Å². The molecule has 1 aromatic carbocycles. The number of fused-ring (bicyclic) bond motifs is 2. The van der Waals surface area contributed by atoms with E-state index in [0.29, 0.717) is 24.5 Å². The van der Waals surface area contributed by atoms with Gasteiger partial charge in [-0.2, -0.15) is 0 Å². The lowest BCUT2D eigenvalue weighted by molar-refractivity contribution is -0.138. The molecule has 3 rings (SSSR count). The van der Waals surface area contributed by atoms with Crippen LogP contribution < -0.4 is 4.74 Å². The maximum absolute atomic E-state index is 11.8. The van der Waals surface area contributed by atoms with Crippen molar-refractivity contribution in [3.05, 3.63) is 29.3 Å². The maximum Gasteiger partial charge on any atom is 0.265 e. The molecule has 15 heavy (non-hydrogen) atoms. The smallest absolute Gasteiger partial charge is 0.265 e. The molecule has 78 valence electrons. The van der Waals surface area contributed by atoms with Crippen LogP contribution in [0.25, 0.3) is 0 Å². The van der Waals surface area contributed by atoms with Crippen LogP contribution in [0.4, 0.5) is 0 Å². The number of rotatable bonds is 1. The van der Waals surface area contributed by atoms with Gasteiger partial charge in [-0.1, -0.05) is 12.1 Å². The van der Waals surface area contributed by atoms with Crippen LogP contribution >= 0.6 is 0 Å². The molecule has 1 fully saturated rings. The summed E-state index contributed by atoms with van der Waals surface area (Å²) in [5, 5.41) is 0. The summed E-state index contributed by atoms with van der Waals surface area (Å²) < 4.78 is 16.0. The summed E-state index contributed by atoms with van der Waals surface area (Å²) in [7, 11) is 1.57. The van der Waals surface area contributed by atoms with Gasteiger partial charge in [0.1, 0.15) is 5.75 Å². The van der Waals surface area contributed by atoms with Gasteiger partial charge in [-0.15, -0.1) is 0 Å². The molecule has 0 bridgehead atoms. The fourth-order valence-electron chi connectivity index (χ4n) is 2.15. The third kappa shape index (κ3) is 0.905. The Balaban J connectivity index is 2.19. The van der Waals surface area contributed by atoms with E-state index in [1.54, 1.807) is 25.3 Å². The van der Waals surface area contributed by atoms with Crippen LogP contribution in [-0.4, -0.2) is 26.1 Å². The van der Waals surface area contributed by atoms with Crippen molar-refractivity contribution >= 4 is 5.78 Å². The standard InChI is InChI=1S/C11H10O4/c1-13-8-4-2-3-7-9(8)11(10(7)12)14-5-6-15-11/h2-4H,5-6H2,1H3. The average molecular weight is 206 g/mol. The summed E-state index contributed by atoms with van der Waals surface area (Å²) in [6.45, 7) is 0.895. The summed E-state index contributed by atoms with van der Waals surface area (Å²) in [6.07, 6.45) is 0. The highest BCUT2D eigenvalue weighted by Gasteiger charge is 2.58. The number of ketones is 1. The van der Waals surface area contributed by atoms with Crippen LogP contribution in [0.5, 0.6) is 5.75 Å². The molecule has 1 spiro atoms. The molecule has 4 heteroatoms. The van der Waals surface area contributed by atoms with Gasteiger partial charge in [0, 0.05) is 5.56 Å². The molecular weight excluding hydrogens is 196 g/mol. The van der Waals surface area contributed by atoms with E-state index in [0.717, 1.165) is 5.56 Å². The highest BCUT2D eigenvalue weighted by molar-refractivity contribution is 6.12. The molecule has 0 N–H and O–H groups in total. The van der Waals surface area contributed by atoms with Crippen molar-refractivity contribution in [3.63, 3.8) is 0 Å². The first-order valence-corrected chi connectivity index (χ1v) is 4.80. The van der Waals surface area contributed by atoms with Crippen LogP contribution in [0.2, 0.25) is 0 Å². The second-order valence-corrected chi connectivity index (χ2v) is 3.53. The summed E-state index contributed by atoms with van der Waals surface area (Å²) in [4.78, 5) is 11.8. The fraction of sp³-hybridized carbons (Fsp3) is 0.364. The lowest BCUT2D eigenvalue weighted by atomic mass is 9.79. The number of carbonyl (C=O) groups excluding carboxylic acids is 1. The molecule has 1 saturated heterocycles. The second kappa shape index (κ2) is 2.81. The first-order chi connectivity index (χ1) is 7.29. The van der Waals surface area contributed by atoms with Gasteiger partial charge in [0.15, 0.2) is 0 Å². The van der Waals surface area contributed by atoms with Crippen LogP contribution in [0, 0.1) is 0 Å². The summed E-state index contributed by atoms with van der Waals surface area (Å²) >= 11 is 0. The number of hydrogen-bond acceptors (Lipinski definition) is 4. The molecule has 4 nitrogen and oxygen atoms in total. The SMILES string of the molecule is COc1cccc2c1C1(OCCO1)C2=O. The molecule has 1 aliphatic heterocycles. The summed E-state index contributed by atoms with van der Waals surface area (Å²) in [6, 6.07) is 5.35. The van der Waals surface area contributed by atoms with Crippen molar-refractivity contribution in [3.8, 4) is 5.75 Å². The first kappa shape index (κ1) is 8.88. The molecule has 0 saturated carbocycles. The second-order valence-electron chi connectivity index (χ2n) is 3.53. The number of ether oxygens (including phenoxy) is 3. The first-order valence-electron chi connectivity index (χ1n) is 4.80. The Bertz CT molecular complexity index is 432. The van der Waals surface area contributed by atoms with Crippen LogP contribution in [0.15, 0.2) is 18.2 Å². The lowest BCUT2D eigenvalue weighted by Crippen LogP contribution is -2.47. The molecule has 0 atom stereocenters. The third-order valence-corrected chi connectivity index (χ3v) is 2.81. The Morgan fingerprint density at radius 3 is 2.73 bits per heavy atom. The maximum atomic E-state index is 11.8. The summed E-state index contributed by atoms with van der Waals surface area (Å²) in [5.74, 6) is -0.620. The van der Waals surface area contributed by atoms with Gasteiger partial charge in [0.25, 0.3) is 5.79 Å². The Morgan fingerprint density at radius 1 is 1.33 bits per heavy atom. The zero-order chi connectivity index (χ0) is 10.5. The van der Waals surface area contributed by atoms with E-state index >= 15 is 0 Å². The lowest BCUT2D eigenvalue weighted by Gasteiger charge is -2.37. The topological polar surface area (TPSA) is 44.8 Å². The predicted molar refractivity (Wildman–Crippen MR) is 50.9 cm³/mol. The number of methoxy groups -OCH3 is 1. The molecule has 1 heterocycles. The molecule has 2 aliphatic rings. The Kier molecular flexibility index (Phi) is 1.66. The minimum absolute atomic E-state index is 0.103. The van der Waals surface area contributed by atoms with E-state index in [-0.39, 0.29) is 5.78 Å². The van der Waals surface area contributed by atoms with Gasteiger partial charge < -0.3 is 14.2 Å². The van der Waals surface area contributed by atoms with E-state index in [2.05, 4.69) is 0 Å². The molecule has 0 unspecified atom stereocenters. The van der Waals surface area contributed by atoms with Crippen molar-refractivity contribution in [1.82, 2.24) is 0 Å². The van der Waals surface area contributed by atoms with Crippen molar-refractivity contribution in [2.45, 2.75) is 5.79 Å². The quantitative estimate of drug-likeness (QED) is 0.690. The van der Waals surface area contributed by atoms with Gasteiger partial charge >= 0.3 is 0 Å². The van der Waals surface area contributed by atoms with E-state index < -0.39 is 5.79 Å². The van der Waals surface area contributed by atoms with Gasteiger partial charge in [-0.05, 0) is 6.07 Å². The largest absolute Gasteiger partial charge is 0.496 e. The highest BCUT2D eigenvalue weighted by Crippen LogP contribution is 2.49.